The lowest BCUT2D eigenvalue weighted by Gasteiger charge is -2.29. The van der Waals surface area contributed by atoms with Gasteiger partial charge in [0.15, 0.2) is 0 Å². The minimum absolute atomic E-state index is 0.0470. The fourth-order valence-corrected chi connectivity index (χ4v) is 4.03. The minimum Gasteiger partial charge on any atom is -0.496 e. The van der Waals surface area contributed by atoms with Gasteiger partial charge in [-0.15, -0.1) is 0 Å². The molecule has 0 unspecified atom stereocenters. The first-order valence-corrected chi connectivity index (χ1v) is 11.0. The second-order valence-electron chi connectivity index (χ2n) is 8.12. The monoisotopic (exact) mass is 428 g/mol. The van der Waals surface area contributed by atoms with Crippen LogP contribution >= 0.6 is 0 Å². The smallest absolute Gasteiger partial charge is 0.255 e. The van der Waals surface area contributed by atoms with Crippen LogP contribution in [0.15, 0.2) is 30.3 Å². The fourth-order valence-electron chi connectivity index (χ4n) is 4.03. The molecule has 0 atom stereocenters. The molecule has 0 spiro atoms. The van der Waals surface area contributed by atoms with Gasteiger partial charge in [0, 0.05) is 19.6 Å². The lowest BCUT2D eigenvalue weighted by molar-refractivity contribution is 0.0947. The molecule has 0 bridgehead atoms. The number of rotatable bonds is 10. The van der Waals surface area contributed by atoms with E-state index in [1.165, 1.54) is 16.7 Å². The molecule has 0 aliphatic carbocycles. The van der Waals surface area contributed by atoms with Crippen LogP contribution in [-0.2, 0) is 13.0 Å². The van der Waals surface area contributed by atoms with Crippen LogP contribution in [0.1, 0.15) is 45.5 Å². The second-order valence-corrected chi connectivity index (χ2v) is 8.12. The van der Waals surface area contributed by atoms with Crippen molar-refractivity contribution in [1.29, 1.82) is 0 Å². The summed E-state index contributed by atoms with van der Waals surface area (Å²) in [4.78, 5) is 15.0. The van der Waals surface area contributed by atoms with Crippen LogP contribution < -0.4 is 14.8 Å². The highest BCUT2D eigenvalue weighted by Crippen LogP contribution is 2.27. The summed E-state index contributed by atoms with van der Waals surface area (Å²) in [5.74, 6) is 1.23. The summed E-state index contributed by atoms with van der Waals surface area (Å²) in [5.41, 5.74) is 5.38. The quantitative estimate of drug-likeness (QED) is 0.576. The van der Waals surface area contributed by atoms with E-state index in [1.807, 2.05) is 13.0 Å². The molecule has 1 aliphatic rings. The van der Waals surface area contributed by atoms with Crippen LogP contribution in [-0.4, -0.2) is 50.8 Å². The van der Waals surface area contributed by atoms with E-state index in [2.05, 4.69) is 29.3 Å². The van der Waals surface area contributed by atoms with Crippen molar-refractivity contribution < 1.29 is 18.7 Å². The van der Waals surface area contributed by atoms with Crippen LogP contribution in [0.5, 0.6) is 11.5 Å². The molecule has 0 fully saturated rings. The summed E-state index contributed by atoms with van der Waals surface area (Å²) in [6.07, 6.45) is 2.96. The van der Waals surface area contributed by atoms with Crippen LogP contribution in [0.25, 0.3) is 0 Å². The SMILES string of the molecule is COc1cc2c(cc1C)CN(CCCCNC(=O)c1cc(C)ccc1OCCF)CC2. The van der Waals surface area contributed by atoms with Gasteiger partial charge < -0.3 is 14.8 Å². The molecule has 0 saturated carbocycles. The number of halogens is 1. The molecule has 1 amide bonds. The third-order valence-electron chi connectivity index (χ3n) is 5.71. The average molecular weight is 429 g/mol. The van der Waals surface area contributed by atoms with E-state index in [-0.39, 0.29) is 12.5 Å². The number of fused-ring (bicyclic) bond motifs is 1. The van der Waals surface area contributed by atoms with Gasteiger partial charge in [-0.05, 0) is 74.5 Å². The Labute approximate surface area is 184 Å². The second kappa shape index (κ2) is 11.1. The molecule has 5 nitrogen and oxygen atoms in total. The molecule has 1 aliphatic heterocycles. The van der Waals surface area contributed by atoms with Gasteiger partial charge in [-0.2, -0.15) is 0 Å². The first kappa shape index (κ1) is 23.1. The number of hydrogen-bond acceptors (Lipinski definition) is 4. The van der Waals surface area contributed by atoms with Gasteiger partial charge in [0.1, 0.15) is 24.8 Å². The summed E-state index contributed by atoms with van der Waals surface area (Å²) in [7, 11) is 1.72. The third-order valence-corrected chi connectivity index (χ3v) is 5.71. The van der Waals surface area contributed by atoms with Crippen molar-refractivity contribution in [3.05, 3.63) is 58.1 Å². The number of alkyl halides is 1. The van der Waals surface area contributed by atoms with E-state index >= 15 is 0 Å². The molecular formula is C25H33FN2O3. The molecule has 0 saturated heterocycles. The number of carbonyl (C=O) groups excluding carboxylic acids is 1. The van der Waals surface area contributed by atoms with Gasteiger partial charge in [-0.3, -0.25) is 9.69 Å². The maximum absolute atomic E-state index is 12.6. The van der Waals surface area contributed by atoms with Crippen molar-refractivity contribution in [1.82, 2.24) is 10.2 Å². The first-order chi connectivity index (χ1) is 15.0. The Morgan fingerprint density at radius 3 is 2.74 bits per heavy atom. The number of amides is 1. The molecule has 6 heteroatoms. The standard InChI is InChI=1S/C25H33FN2O3/c1-18-6-7-23(31-13-9-26)22(14-18)25(29)27-10-4-5-11-28-12-8-20-16-24(30-3)19(2)15-21(20)17-28/h6-7,14-16H,4-5,8-13,17H2,1-3H3,(H,27,29). The van der Waals surface area contributed by atoms with Gasteiger partial charge in [0.05, 0.1) is 12.7 Å². The van der Waals surface area contributed by atoms with Crippen molar-refractivity contribution in [2.24, 2.45) is 0 Å². The number of hydrogen-bond donors (Lipinski definition) is 1. The van der Waals surface area contributed by atoms with Crippen molar-refractivity contribution in [2.45, 2.75) is 39.7 Å². The first-order valence-electron chi connectivity index (χ1n) is 11.0. The molecule has 0 radical (unpaired) electrons. The number of carbonyl (C=O) groups is 1. The molecule has 1 heterocycles. The third kappa shape index (κ3) is 6.20. The van der Waals surface area contributed by atoms with E-state index in [0.717, 1.165) is 50.2 Å². The van der Waals surface area contributed by atoms with E-state index in [9.17, 15) is 9.18 Å². The van der Waals surface area contributed by atoms with Crippen LogP contribution in [0.4, 0.5) is 4.39 Å². The number of unbranched alkanes of at least 4 members (excludes halogenated alkanes) is 1. The zero-order valence-corrected chi connectivity index (χ0v) is 18.8. The summed E-state index contributed by atoms with van der Waals surface area (Å²) in [5, 5.41) is 2.97. The van der Waals surface area contributed by atoms with Crippen molar-refractivity contribution in [2.75, 3.05) is 40.0 Å². The Kier molecular flexibility index (Phi) is 8.29. The highest BCUT2D eigenvalue weighted by atomic mass is 19.1. The van der Waals surface area contributed by atoms with Crippen LogP contribution in [0.3, 0.4) is 0 Å². The molecular weight excluding hydrogens is 395 g/mol. The Morgan fingerprint density at radius 1 is 1.13 bits per heavy atom. The maximum atomic E-state index is 12.6. The highest BCUT2D eigenvalue weighted by Gasteiger charge is 2.18. The molecule has 2 aromatic rings. The Hall–Kier alpha value is -2.60. The van der Waals surface area contributed by atoms with Gasteiger partial charge in [-0.25, -0.2) is 4.39 Å². The molecule has 2 aromatic carbocycles. The number of nitrogens with one attached hydrogen (secondary N) is 1. The highest BCUT2D eigenvalue weighted by molar-refractivity contribution is 5.97. The van der Waals surface area contributed by atoms with Gasteiger partial charge in [-0.1, -0.05) is 17.7 Å². The van der Waals surface area contributed by atoms with Crippen LogP contribution in [0.2, 0.25) is 0 Å². The van der Waals surface area contributed by atoms with Crippen LogP contribution in [0, 0.1) is 13.8 Å². The summed E-state index contributed by atoms with van der Waals surface area (Å²) in [6, 6.07) is 9.79. The molecule has 168 valence electrons. The van der Waals surface area contributed by atoms with Gasteiger partial charge in [0.2, 0.25) is 0 Å². The predicted octanol–water partition coefficient (Wildman–Crippen LogP) is 4.23. The van der Waals surface area contributed by atoms with E-state index in [4.69, 9.17) is 9.47 Å². The number of aryl methyl sites for hydroxylation is 2. The Bertz CT molecular complexity index is 901. The predicted molar refractivity (Wildman–Crippen MR) is 121 cm³/mol. The van der Waals surface area contributed by atoms with Crippen molar-refractivity contribution >= 4 is 5.91 Å². The summed E-state index contributed by atoms with van der Waals surface area (Å²) < 4.78 is 23.2. The Morgan fingerprint density at radius 2 is 1.97 bits per heavy atom. The number of ether oxygens (including phenoxy) is 2. The maximum Gasteiger partial charge on any atom is 0.255 e. The lowest BCUT2D eigenvalue weighted by atomic mass is 9.97. The lowest BCUT2D eigenvalue weighted by Crippen LogP contribution is -2.32. The van der Waals surface area contributed by atoms with E-state index in [1.54, 1.807) is 19.2 Å². The molecule has 1 N–H and O–H groups in total. The number of methoxy groups -OCH3 is 1. The summed E-state index contributed by atoms with van der Waals surface area (Å²) >= 11 is 0. The van der Waals surface area contributed by atoms with Crippen molar-refractivity contribution in [3.63, 3.8) is 0 Å². The van der Waals surface area contributed by atoms with Crippen molar-refractivity contribution in [3.8, 4) is 11.5 Å². The number of nitrogens with zero attached hydrogens (tertiary/aromatic N) is 1. The van der Waals surface area contributed by atoms with E-state index < -0.39 is 6.67 Å². The normalized spacial score (nSPS) is 13.5. The van der Waals surface area contributed by atoms with Gasteiger partial charge >= 0.3 is 0 Å². The minimum atomic E-state index is -0.580. The zero-order valence-electron chi connectivity index (χ0n) is 18.8. The molecule has 0 aromatic heterocycles. The zero-order chi connectivity index (χ0) is 22.2. The molecule has 31 heavy (non-hydrogen) atoms. The topological polar surface area (TPSA) is 50.8 Å². The average Bonchev–Trinajstić information content (AvgIpc) is 2.77. The summed E-state index contributed by atoms with van der Waals surface area (Å²) in [6.45, 7) is 7.01. The number of benzene rings is 2. The Balaban J connectivity index is 1.43. The fraction of sp³-hybridized carbons (Fsp3) is 0.480. The van der Waals surface area contributed by atoms with E-state index in [0.29, 0.717) is 17.9 Å². The molecule has 3 rings (SSSR count). The largest absolute Gasteiger partial charge is 0.496 e. The van der Waals surface area contributed by atoms with Gasteiger partial charge in [0.25, 0.3) is 5.91 Å².